The van der Waals surface area contributed by atoms with E-state index in [0.717, 1.165) is 25.0 Å². The van der Waals surface area contributed by atoms with Gasteiger partial charge in [0, 0.05) is 11.9 Å². The Kier molecular flexibility index (Phi) is 4.36. The van der Waals surface area contributed by atoms with E-state index in [-0.39, 0.29) is 0 Å². The first-order valence-corrected chi connectivity index (χ1v) is 7.06. The molecule has 19 heavy (non-hydrogen) atoms. The lowest BCUT2D eigenvalue weighted by Gasteiger charge is -2.21. The third-order valence-electron chi connectivity index (χ3n) is 3.91. The second-order valence-electron chi connectivity index (χ2n) is 5.49. The molecule has 2 aliphatic rings. The van der Waals surface area contributed by atoms with Crippen molar-refractivity contribution in [3.05, 3.63) is 59.4 Å². The Labute approximate surface area is 116 Å². The SMILES string of the molecule is C=CN=C(C)C1=C(C)CCC(C2=CCC(C)C=C2)=C1. The van der Waals surface area contributed by atoms with Crippen LogP contribution in [0.15, 0.2) is 64.4 Å². The third kappa shape index (κ3) is 3.23. The lowest BCUT2D eigenvalue weighted by molar-refractivity contribution is 0.729. The second-order valence-corrected chi connectivity index (χ2v) is 5.49. The van der Waals surface area contributed by atoms with Crippen LogP contribution in [0.25, 0.3) is 0 Å². The van der Waals surface area contributed by atoms with E-state index >= 15 is 0 Å². The maximum absolute atomic E-state index is 4.33. The summed E-state index contributed by atoms with van der Waals surface area (Å²) in [6, 6.07) is 0. The number of aliphatic imine (C=N–C) groups is 1. The van der Waals surface area contributed by atoms with Gasteiger partial charge in [-0.25, -0.2) is 0 Å². The maximum Gasteiger partial charge on any atom is 0.0444 e. The zero-order valence-corrected chi connectivity index (χ0v) is 12.2. The molecule has 1 nitrogen and oxygen atoms in total. The van der Waals surface area contributed by atoms with Gasteiger partial charge >= 0.3 is 0 Å². The molecule has 0 aliphatic heterocycles. The van der Waals surface area contributed by atoms with Crippen molar-refractivity contribution in [2.75, 3.05) is 0 Å². The molecular formula is C18H23N. The maximum atomic E-state index is 4.33. The first-order chi connectivity index (χ1) is 9.11. The fraction of sp³-hybridized carbons (Fsp3) is 0.389. The van der Waals surface area contributed by atoms with E-state index in [2.05, 4.69) is 56.6 Å². The van der Waals surface area contributed by atoms with E-state index < -0.39 is 0 Å². The standard InChI is InChI=1S/C18H23N/c1-5-19-15(4)18-12-17(11-8-14(18)3)16-9-6-13(2)7-10-16/h5-6,9-10,12-13H,1,7-8,11H2,2-4H3. The summed E-state index contributed by atoms with van der Waals surface area (Å²) in [6.45, 7) is 10.2. The number of hydrogen-bond acceptors (Lipinski definition) is 1. The molecule has 0 fully saturated rings. The van der Waals surface area contributed by atoms with E-state index in [4.69, 9.17) is 0 Å². The monoisotopic (exact) mass is 253 g/mol. The topological polar surface area (TPSA) is 12.4 Å². The Morgan fingerprint density at radius 2 is 2.21 bits per heavy atom. The van der Waals surface area contributed by atoms with Gasteiger partial charge in [-0.05, 0) is 61.8 Å². The van der Waals surface area contributed by atoms with Crippen LogP contribution in [-0.2, 0) is 0 Å². The van der Waals surface area contributed by atoms with E-state index in [1.54, 1.807) is 6.20 Å². The molecule has 0 radical (unpaired) electrons. The summed E-state index contributed by atoms with van der Waals surface area (Å²) in [5.41, 5.74) is 6.63. The Hall–Kier alpha value is -1.63. The van der Waals surface area contributed by atoms with Gasteiger partial charge in [0.1, 0.15) is 0 Å². The molecule has 1 unspecified atom stereocenters. The van der Waals surface area contributed by atoms with E-state index in [9.17, 15) is 0 Å². The number of nitrogens with zero attached hydrogens (tertiary/aromatic N) is 1. The van der Waals surface area contributed by atoms with Crippen molar-refractivity contribution in [1.29, 1.82) is 0 Å². The molecule has 0 aromatic heterocycles. The summed E-state index contributed by atoms with van der Waals surface area (Å²) in [5.74, 6) is 0.675. The highest BCUT2D eigenvalue weighted by Gasteiger charge is 2.15. The molecule has 0 aromatic rings. The summed E-state index contributed by atoms with van der Waals surface area (Å²) in [7, 11) is 0. The molecule has 0 saturated carbocycles. The number of hydrogen-bond donors (Lipinski definition) is 0. The van der Waals surface area contributed by atoms with Gasteiger partial charge in [-0.1, -0.05) is 37.3 Å². The van der Waals surface area contributed by atoms with Crippen LogP contribution in [0.5, 0.6) is 0 Å². The molecule has 0 N–H and O–H groups in total. The van der Waals surface area contributed by atoms with Crippen LogP contribution in [-0.4, -0.2) is 5.71 Å². The highest BCUT2D eigenvalue weighted by atomic mass is 14.7. The number of rotatable bonds is 3. The van der Waals surface area contributed by atoms with Crippen molar-refractivity contribution in [3.63, 3.8) is 0 Å². The zero-order chi connectivity index (χ0) is 13.8. The van der Waals surface area contributed by atoms with Crippen LogP contribution in [0.3, 0.4) is 0 Å². The summed E-state index contributed by atoms with van der Waals surface area (Å²) in [4.78, 5) is 4.33. The molecule has 1 heteroatoms. The van der Waals surface area contributed by atoms with Crippen LogP contribution in [0.4, 0.5) is 0 Å². The molecule has 0 bridgehead atoms. The van der Waals surface area contributed by atoms with Crippen LogP contribution in [0.2, 0.25) is 0 Å². The fourth-order valence-electron chi connectivity index (χ4n) is 2.64. The van der Waals surface area contributed by atoms with Gasteiger partial charge in [-0.15, -0.1) is 0 Å². The molecule has 2 rings (SSSR count). The Morgan fingerprint density at radius 1 is 1.42 bits per heavy atom. The van der Waals surface area contributed by atoms with Gasteiger partial charge in [0.2, 0.25) is 0 Å². The zero-order valence-electron chi connectivity index (χ0n) is 12.2. The van der Waals surface area contributed by atoms with Crippen molar-refractivity contribution >= 4 is 5.71 Å². The van der Waals surface area contributed by atoms with E-state index in [1.165, 1.54) is 22.3 Å². The van der Waals surface area contributed by atoms with Crippen molar-refractivity contribution in [3.8, 4) is 0 Å². The molecule has 0 amide bonds. The first kappa shape index (κ1) is 13.8. The average Bonchev–Trinajstić information content (AvgIpc) is 2.40. The summed E-state index contributed by atoms with van der Waals surface area (Å²) >= 11 is 0. The van der Waals surface area contributed by atoms with Crippen LogP contribution < -0.4 is 0 Å². The third-order valence-corrected chi connectivity index (χ3v) is 3.91. The highest BCUT2D eigenvalue weighted by Crippen LogP contribution is 2.31. The van der Waals surface area contributed by atoms with Crippen molar-refractivity contribution < 1.29 is 0 Å². The number of allylic oxidation sites excluding steroid dienone is 8. The fourth-order valence-corrected chi connectivity index (χ4v) is 2.64. The van der Waals surface area contributed by atoms with Crippen LogP contribution >= 0.6 is 0 Å². The molecule has 0 heterocycles. The predicted octanol–water partition coefficient (Wildman–Crippen LogP) is 5.15. The van der Waals surface area contributed by atoms with E-state index in [0.29, 0.717) is 5.92 Å². The summed E-state index contributed by atoms with van der Waals surface area (Å²) in [5, 5.41) is 0. The first-order valence-electron chi connectivity index (χ1n) is 7.06. The molecule has 0 aromatic carbocycles. The van der Waals surface area contributed by atoms with Gasteiger partial charge in [0.25, 0.3) is 0 Å². The second kappa shape index (κ2) is 6.01. The molecule has 1 atom stereocenters. The predicted molar refractivity (Wildman–Crippen MR) is 84.3 cm³/mol. The van der Waals surface area contributed by atoms with Crippen molar-refractivity contribution in [2.24, 2.45) is 10.9 Å². The molecular weight excluding hydrogens is 230 g/mol. The Morgan fingerprint density at radius 3 is 2.84 bits per heavy atom. The van der Waals surface area contributed by atoms with Crippen LogP contribution in [0.1, 0.15) is 40.0 Å². The van der Waals surface area contributed by atoms with Gasteiger partial charge in [-0.2, -0.15) is 0 Å². The van der Waals surface area contributed by atoms with Gasteiger partial charge in [0.05, 0.1) is 0 Å². The smallest absolute Gasteiger partial charge is 0.0444 e. The van der Waals surface area contributed by atoms with Crippen molar-refractivity contribution in [2.45, 2.75) is 40.0 Å². The lowest BCUT2D eigenvalue weighted by Crippen LogP contribution is -2.06. The molecule has 100 valence electrons. The normalized spacial score (nSPS) is 24.2. The Balaban J connectivity index is 2.29. The van der Waals surface area contributed by atoms with Gasteiger partial charge in [0.15, 0.2) is 0 Å². The minimum Gasteiger partial charge on any atom is -0.262 e. The quantitative estimate of drug-likeness (QED) is 0.617. The molecule has 0 spiro atoms. The minimum absolute atomic E-state index is 0.675. The van der Waals surface area contributed by atoms with Gasteiger partial charge in [-0.3, -0.25) is 4.99 Å². The van der Waals surface area contributed by atoms with Gasteiger partial charge < -0.3 is 0 Å². The summed E-state index contributed by atoms with van der Waals surface area (Å²) < 4.78 is 0. The molecule has 0 saturated heterocycles. The largest absolute Gasteiger partial charge is 0.262 e. The Bertz CT molecular complexity index is 524. The highest BCUT2D eigenvalue weighted by molar-refractivity contribution is 6.02. The molecule has 2 aliphatic carbocycles. The summed E-state index contributed by atoms with van der Waals surface area (Å²) in [6.07, 6.45) is 14.3. The minimum atomic E-state index is 0.675. The van der Waals surface area contributed by atoms with Crippen LogP contribution in [0, 0.1) is 5.92 Å². The average molecular weight is 253 g/mol. The van der Waals surface area contributed by atoms with Crippen molar-refractivity contribution in [1.82, 2.24) is 0 Å². The van der Waals surface area contributed by atoms with E-state index in [1.807, 2.05) is 0 Å². The lowest BCUT2D eigenvalue weighted by atomic mass is 9.85.